The summed E-state index contributed by atoms with van der Waals surface area (Å²) in [4.78, 5) is 17.1. The summed E-state index contributed by atoms with van der Waals surface area (Å²) in [5.41, 5.74) is 3.09. The molecule has 1 saturated carbocycles. The average Bonchev–Trinajstić information content (AvgIpc) is 3.36. The number of carbonyl (C=O) groups excluding carboxylic acids is 1. The molecule has 2 aromatic rings. The third-order valence-electron chi connectivity index (χ3n) is 5.43. The van der Waals surface area contributed by atoms with Gasteiger partial charge in [0, 0.05) is 51.9 Å². The van der Waals surface area contributed by atoms with Crippen LogP contribution in [0.1, 0.15) is 29.0 Å². The van der Waals surface area contributed by atoms with Gasteiger partial charge in [0.05, 0.1) is 17.8 Å². The first-order chi connectivity index (χ1) is 12.6. The summed E-state index contributed by atoms with van der Waals surface area (Å²) >= 11 is 0. The van der Waals surface area contributed by atoms with Crippen LogP contribution < -0.4 is 0 Å². The van der Waals surface area contributed by atoms with E-state index >= 15 is 0 Å². The van der Waals surface area contributed by atoms with Crippen molar-refractivity contribution >= 4 is 5.91 Å². The van der Waals surface area contributed by atoms with E-state index in [1.165, 1.54) is 11.1 Å². The minimum Gasteiger partial charge on any atom is -0.340 e. The van der Waals surface area contributed by atoms with Gasteiger partial charge in [0.2, 0.25) is 5.91 Å². The Bertz CT molecular complexity index is 827. The number of rotatable bonds is 4. The number of aryl methyl sites for hydroxylation is 1. The first-order valence-corrected chi connectivity index (χ1v) is 9.13. The van der Waals surface area contributed by atoms with Crippen molar-refractivity contribution in [3.63, 3.8) is 0 Å². The van der Waals surface area contributed by atoms with Gasteiger partial charge in [-0.3, -0.25) is 14.4 Å². The van der Waals surface area contributed by atoms with Crippen LogP contribution in [0.2, 0.25) is 0 Å². The predicted molar refractivity (Wildman–Crippen MR) is 97.1 cm³/mol. The zero-order valence-electron chi connectivity index (χ0n) is 15.0. The summed E-state index contributed by atoms with van der Waals surface area (Å²) in [6.45, 7) is 4.26. The number of piperazine rings is 1. The maximum Gasteiger partial charge on any atom is 0.226 e. The molecule has 4 rings (SSSR count). The van der Waals surface area contributed by atoms with E-state index in [0.717, 1.165) is 39.1 Å². The van der Waals surface area contributed by atoms with Crippen LogP contribution in [0.15, 0.2) is 36.7 Å². The molecule has 2 aliphatic rings. The van der Waals surface area contributed by atoms with Crippen molar-refractivity contribution in [1.29, 1.82) is 5.26 Å². The van der Waals surface area contributed by atoms with Crippen molar-refractivity contribution in [2.75, 3.05) is 26.2 Å². The quantitative estimate of drug-likeness (QED) is 0.843. The van der Waals surface area contributed by atoms with Gasteiger partial charge in [-0.1, -0.05) is 12.1 Å². The van der Waals surface area contributed by atoms with Gasteiger partial charge < -0.3 is 4.90 Å². The normalized spacial score (nSPS) is 22.8. The second-order valence-electron chi connectivity index (χ2n) is 7.31. The van der Waals surface area contributed by atoms with Crippen molar-refractivity contribution in [1.82, 2.24) is 19.6 Å². The first-order valence-electron chi connectivity index (χ1n) is 9.13. The molecule has 1 aromatic heterocycles. The topological polar surface area (TPSA) is 65.2 Å². The van der Waals surface area contributed by atoms with Crippen LogP contribution in [0, 0.1) is 17.2 Å². The van der Waals surface area contributed by atoms with E-state index in [0.29, 0.717) is 17.4 Å². The molecule has 0 N–H and O–H groups in total. The van der Waals surface area contributed by atoms with Gasteiger partial charge >= 0.3 is 0 Å². The number of hydrogen-bond acceptors (Lipinski definition) is 4. The highest BCUT2D eigenvalue weighted by atomic mass is 16.2. The van der Waals surface area contributed by atoms with E-state index in [9.17, 15) is 4.79 Å². The Kier molecular flexibility index (Phi) is 4.48. The first kappa shape index (κ1) is 16.8. The molecule has 134 valence electrons. The van der Waals surface area contributed by atoms with E-state index < -0.39 is 0 Å². The molecular weight excluding hydrogens is 326 g/mol. The van der Waals surface area contributed by atoms with Gasteiger partial charge in [-0.2, -0.15) is 10.4 Å². The maximum absolute atomic E-state index is 12.7. The van der Waals surface area contributed by atoms with E-state index in [-0.39, 0.29) is 5.92 Å². The zero-order valence-corrected chi connectivity index (χ0v) is 15.0. The van der Waals surface area contributed by atoms with Gasteiger partial charge in [0.15, 0.2) is 0 Å². The Balaban J connectivity index is 1.27. The van der Waals surface area contributed by atoms with Gasteiger partial charge in [-0.05, 0) is 35.6 Å². The molecule has 2 heterocycles. The standard InChI is InChI=1S/C20H23N5O/c1-23-14-17(12-22-23)18-10-19(18)20(26)25-8-6-24(7-9-25)13-16-4-2-15(11-21)3-5-16/h2-5,12,14,18-19H,6-10,13H2,1H3/t18-,19-/m1/s1. The molecule has 1 amide bonds. The van der Waals surface area contributed by atoms with Crippen molar-refractivity contribution in [3.05, 3.63) is 53.3 Å². The molecule has 6 nitrogen and oxygen atoms in total. The van der Waals surface area contributed by atoms with Crippen LogP contribution in [0.4, 0.5) is 0 Å². The number of amides is 1. The molecule has 2 atom stereocenters. The van der Waals surface area contributed by atoms with E-state index in [2.05, 4.69) is 16.1 Å². The lowest BCUT2D eigenvalue weighted by Crippen LogP contribution is -2.48. The zero-order chi connectivity index (χ0) is 18.1. The third-order valence-corrected chi connectivity index (χ3v) is 5.43. The fourth-order valence-electron chi connectivity index (χ4n) is 3.77. The summed E-state index contributed by atoms with van der Waals surface area (Å²) in [5.74, 6) is 0.800. The SMILES string of the molecule is Cn1cc([C@H]2C[C@H]2C(=O)N2CCN(Cc3ccc(C#N)cc3)CC2)cn1. The Morgan fingerprint density at radius 1 is 1.23 bits per heavy atom. The number of nitriles is 1. The number of carbonyl (C=O) groups is 1. The largest absolute Gasteiger partial charge is 0.340 e. The number of benzene rings is 1. The van der Waals surface area contributed by atoms with Crippen molar-refractivity contribution in [3.8, 4) is 6.07 Å². The summed E-state index contributed by atoms with van der Waals surface area (Å²) in [5, 5.41) is 13.1. The van der Waals surface area contributed by atoms with Crippen molar-refractivity contribution in [2.24, 2.45) is 13.0 Å². The second kappa shape index (κ2) is 6.93. The van der Waals surface area contributed by atoms with Gasteiger partial charge in [-0.15, -0.1) is 0 Å². The Hall–Kier alpha value is -2.65. The van der Waals surface area contributed by atoms with E-state index in [1.54, 1.807) is 4.68 Å². The Morgan fingerprint density at radius 2 is 1.96 bits per heavy atom. The minimum absolute atomic E-state index is 0.143. The molecule has 6 heteroatoms. The average molecular weight is 349 g/mol. The van der Waals surface area contributed by atoms with Crippen LogP contribution >= 0.6 is 0 Å². The van der Waals surface area contributed by atoms with Crippen LogP contribution in [0.5, 0.6) is 0 Å². The highest BCUT2D eigenvalue weighted by Crippen LogP contribution is 2.48. The molecule has 1 saturated heterocycles. The van der Waals surface area contributed by atoms with E-state index in [4.69, 9.17) is 5.26 Å². The summed E-state index contributed by atoms with van der Waals surface area (Å²) in [6.07, 6.45) is 4.86. The third kappa shape index (κ3) is 3.49. The Morgan fingerprint density at radius 3 is 2.58 bits per heavy atom. The van der Waals surface area contributed by atoms with Crippen LogP contribution in [-0.4, -0.2) is 51.7 Å². The molecule has 2 fully saturated rings. The molecule has 1 aliphatic heterocycles. The smallest absolute Gasteiger partial charge is 0.226 e. The second-order valence-corrected chi connectivity index (χ2v) is 7.31. The lowest BCUT2D eigenvalue weighted by molar-refractivity contribution is -0.134. The van der Waals surface area contributed by atoms with Gasteiger partial charge in [-0.25, -0.2) is 0 Å². The molecule has 0 bridgehead atoms. The molecule has 1 aromatic carbocycles. The van der Waals surface area contributed by atoms with Crippen molar-refractivity contribution < 1.29 is 4.79 Å². The van der Waals surface area contributed by atoms with E-state index in [1.807, 2.05) is 48.6 Å². The molecule has 0 spiro atoms. The fraction of sp³-hybridized carbons (Fsp3) is 0.450. The molecule has 0 radical (unpaired) electrons. The van der Waals surface area contributed by atoms with Crippen LogP contribution in [-0.2, 0) is 18.4 Å². The van der Waals surface area contributed by atoms with Gasteiger partial charge in [0.1, 0.15) is 0 Å². The molecule has 26 heavy (non-hydrogen) atoms. The lowest BCUT2D eigenvalue weighted by Gasteiger charge is -2.35. The predicted octanol–water partition coefficient (Wildman–Crippen LogP) is 1.74. The molecular formula is C20H23N5O. The molecule has 0 unspecified atom stereocenters. The number of nitrogens with zero attached hydrogens (tertiary/aromatic N) is 5. The highest BCUT2D eigenvalue weighted by Gasteiger charge is 2.46. The van der Waals surface area contributed by atoms with Gasteiger partial charge in [0.25, 0.3) is 0 Å². The monoisotopic (exact) mass is 349 g/mol. The minimum atomic E-state index is 0.143. The summed E-state index contributed by atoms with van der Waals surface area (Å²) in [6, 6.07) is 9.90. The molecule has 1 aliphatic carbocycles. The lowest BCUT2D eigenvalue weighted by atomic mass is 10.1. The maximum atomic E-state index is 12.7. The fourth-order valence-corrected chi connectivity index (χ4v) is 3.77. The Labute approximate surface area is 153 Å². The van der Waals surface area contributed by atoms with Crippen LogP contribution in [0.3, 0.4) is 0 Å². The number of hydrogen-bond donors (Lipinski definition) is 0. The van der Waals surface area contributed by atoms with Crippen LogP contribution in [0.25, 0.3) is 0 Å². The van der Waals surface area contributed by atoms with Crippen molar-refractivity contribution in [2.45, 2.75) is 18.9 Å². The number of aromatic nitrogens is 2. The summed E-state index contributed by atoms with van der Waals surface area (Å²) < 4.78 is 1.80. The highest BCUT2D eigenvalue weighted by molar-refractivity contribution is 5.83. The summed E-state index contributed by atoms with van der Waals surface area (Å²) in [7, 11) is 1.91.